The molecule has 1 fully saturated rings. The van der Waals surface area contributed by atoms with Crippen molar-refractivity contribution >= 4 is 11.6 Å². The molecular weight excluding hydrogens is 269 g/mol. The molecule has 0 atom stereocenters. The zero-order chi connectivity index (χ0) is 15.1. The molecule has 1 aromatic carbocycles. The molecule has 1 saturated carbocycles. The molecule has 112 valence electrons. The molecule has 0 aromatic heterocycles. The second kappa shape index (κ2) is 7.07. The number of halogens is 1. The SMILES string of the molecule is N#CC1(C(=O)NCCCNc2cccc(F)c2)CCCC1. The van der Waals surface area contributed by atoms with E-state index < -0.39 is 5.41 Å². The van der Waals surface area contributed by atoms with E-state index in [4.69, 9.17) is 0 Å². The Kier molecular flexibility index (Phi) is 5.15. The Balaban J connectivity index is 1.68. The number of nitriles is 1. The average molecular weight is 289 g/mol. The molecule has 0 unspecified atom stereocenters. The standard InChI is InChI=1S/C16H20FN3O/c17-13-5-3-6-14(11-13)19-9-4-10-20-15(21)16(12-18)7-1-2-8-16/h3,5-6,11,19H,1-2,4,7-10H2,(H,20,21). The fourth-order valence-corrected chi connectivity index (χ4v) is 2.66. The third kappa shape index (κ3) is 3.94. The summed E-state index contributed by atoms with van der Waals surface area (Å²) < 4.78 is 13.0. The summed E-state index contributed by atoms with van der Waals surface area (Å²) in [7, 11) is 0. The highest BCUT2D eigenvalue weighted by Gasteiger charge is 2.41. The van der Waals surface area contributed by atoms with Crippen molar-refractivity contribution in [2.45, 2.75) is 32.1 Å². The number of nitrogens with one attached hydrogen (secondary N) is 2. The lowest BCUT2D eigenvalue weighted by atomic mass is 9.87. The molecule has 0 bridgehead atoms. The van der Waals surface area contributed by atoms with Crippen LogP contribution in [0.4, 0.5) is 10.1 Å². The summed E-state index contributed by atoms with van der Waals surface area (Å²) >= 11 is 0. The number of nitrogens with zero attached hydrogens (tertiary/aromatic N) is 1. The molecule has 0 saturated heterocycles. The summed E-state index contributed by atoms with van der Waals surface area (Å²) in [6, 6.07) is 8.46. The van der Waals surface area contributed by atoms with Crippen LogP contribution in [-0.4, -0.2) is 19.0 Å². The molecule has 1 amide bonds. The predicted octanol–water partition coefficient (Wildman–Crippen LogP) is 2.83. The van der Waals surface area contributed by atoms with Crippen LogP contribution in [0, 0.1) is 22.6 Å². The molecule has 21 heavy (non-hydrogen) atoms. The van der Waals surface area contributed by atoms with Crippen LogP contribution in [-0.2, 0) is 4.79 Å². The van der Waals surface area contributed by atoms with Crippen LogP contribution < -0.4 is 10.6 Å². The highest BCUT2D eigenvalue weighted by Crippen LogP contribution is 2.37. The highest BCUT2D eigenvalue weighted by atomic mass is 19.1. The van der Waals surface area contributed by atoms with Gasteiger partial charge in [0.25, 0.3) is 0 Å². The Morgan fingerprint density at radius 2 is 2.10 bits per heavy atom. The van der Waals surface area contributed by atoms with Crippen LogP contribution in [0.1, 0.15) is 32.1 Å². The van der Waals surface area contributed by atoms with E-state index >= 15 is 0 Å². The molecule has 2 rings (SSSR count). The zero-order valence-electron chi connectivity index (χ0n) is 12.0. The van der Waals surface area contributed by atoms with Gasteiger partial charge >= 0.3 is 0 Å². The number of rotatable bonds is 6. The van der Waals surface area contributed by atoms with E-state index in [0.29, 0.717) is 25.9 Å². The molecule has 1 aromatic rings. The Morgan fingerprint density at radius 1 is 1.33 bits per heavy atom. The lowest BCUT2D eigenvalue weighted by molar-refractivity contribution is -0.127. The highest BCUT2D eigenvalue weighted by molar-refractivity contribution is 5.85. The van der Waals surface area contributed by atoms with E-state index in [1.165, 1.54) is 12.1 Å². The van der Waals surface area contributed by atoms with E-state index in [9.17, 15) is 14.4 Å². The van der Waals surface area contributed by atoms with E-state index in [-0.39, 0.29) is 11.7 Å². The molecular formula is C16H20FN3O. The summed E-state index contributed by atoms with van der Waals surface area (Å²) in [4.78, 5) is 12.1. The van der Waals surface area contributed by atoms with Crippen molar-refractivity contribution in [3.05, 3.63) is 30.1 Å². The van der Waals surface area contributed by atoms with Crippen LogP contribution >= 0.6 is 0 Å². The maximum absolute atomic E-state index is 13.0. The fraction of sp³-hybridized carbons (Fsp3) is 0.500. The predicted molar refractivity (Wildman–Crippen MR) is 79.0 cm³/mol. The number of hydrogen-bond acceptors (Lipinski definition) is 3. The lowest BCUT2D eigenvalue weighted by Gasteiger charge is -2.19. The second-order valence-corrected chi connectivity index (χ2v) is 5.45. The molecule has 4 nitrogen and oxygen atoms in total. The first-order valence-electron chi connectivity index (χ1n) is 7.35. The second-order valence-electron chi connectivity index (χ2n) is 5.45. The van der Waals surface area contributed by atoms with Crippen LogP contribution in [0.25, 0.3) is 0 Å². The van der Waals surface area contributed by atoms with Crippen molar-refractivity contribution in [1.29, 1.82) is 5.26 Å². The molecule has 5 heteroatoms. The molecule has 0 aliphatic heterocycles. The van der Waals surface area contributed by atoms with Crippen molar-refractivity contribution in [2.75, 3.05) is 18.4 Å². The number of carbonyl (C=O) groups excluding carboxylic acids is 1. The number of carbonyl (C=O) groups is 1. The normalized spacial score (nSPS) is 16.2. The van der Waals surface area contributed by atoms with Gasteiger partial charge in [-0.05, 0) is 37.5 Å². The molecule has 2 N–H and O–H groups in total. The molecule has 0 heterocycles. The number of anilines is 1. The summed E-state index contributed by atoms with van der Waals surface area (Å²) in [5.41, 5.74) is -0.0821. The van der Waals surface area contributed by atoms with Crippen molar-refractivity contribution < 1.29 is 9.18 Å². The van der Waals surface area contributed by atoms with Crippen molar-refractivity contribution in [3.63, 3.8) is 0 Å². The third-order valence-electron chi connectivity index (χ3n) is 3.90. The minimum atomic E-state index is -0.810. The number of benzene rings is 1. The summed E-state index contributed by atoms with van der Waals surface area (Å²) in [6.45, 7) is 1.16. The molecule has 1 aliphatic rings. The van der Waals surface area contributed by atoms with Gasteiger partial charge in [-0.15, -0.1) is 0 Å². The van der Waals surface area contributed by atoms with Gasteiger partial charge in [0.1, 0.15) is 11.2 Å². The lowest BCUT2D eigenvalue weighted by Crippen LogP contribution is -2.39. The Hall–Kier alpha value is -2.09. The summed E-state index contributed by atoms with van der Waals surface area (Å²) in [5, 5.41) is 15.1. The van der Waals surface area contributed by atoms with Gasteiger partial charge in [-0.3, -0.25) is 4.79 Å². The Morgan fingerprint density at radius 3 is 2.76 bits per heavy atom. The van der Waals surface area contributed by atoms with Gasteiger partial charge < -0.3 is 10.6 Å². The van der Waals surface area contributed by atoms with Gasteiger partial charge in [-0.1, -0.05) is 18.9 Å². The summed E-state index contributed by atoms with van der Waals surface area (Å²) in [6.07, 6.45) is 3.95. The maximum Gasteiger partial charge on any atom is 0.240 e. The third-order valence-corrected chi connectivity index (χ3v) is 3.90. The topological polar surface area (TPSA) is 64.9 Å². The van der Waals surface area contributed by atoms with Crippen LogP contribution in [0.15, 0.2) is 24.3 Å². The quantitative estimate of drug-likeness (QED) is 0.791. The minimum Gasteiger partial charge on any atom is -0.385 e. The molecule has 1 aliphatic carbocycles. The fourth-order valence-electron chi connectivity index (χ4n) is 2.66. The first-order valence-corrected chi connectivity index (χ1v) is 7.35. The van der Waals surface area contributed by atoms with Crippen molar-refractivity contribution in [3.8, 4) is 6.07 Å². The number of hydrogen-bond donors (Lipinski definition) is 2. The van der Waals surface area contributed by atoms with Gasteiger partial charge in [0.15, 0.2) is 0 Å². The van der Waals surface area contributed by atoms with E-state index in [0.717, 1.165) is 24.9 Å². The van der Waals surface area contributed by atoms with Gasteiger partial charge in [0.05, 0.1) is 6.07 Å². The Bertz CT molecular complexity index is 533. The summed E-state index contributed by atoms with van der Waals surface area (Å²) in [5.74, 6) is -0.418. The molecule has 0 spiro atoms. The van der Waals surface area contributed by atoms with Crippen molar-refractivity contribution in [2.24, 2.45) is 5.41 Å². The minimum absolute atomic E-state index is 0.145. The van der Waals surface area contributed by atoms with Gasteiger partial charge in [-0.25, -0.2) is 4.39 Å². The van der Waals surface area contributed by atoms with Gasteiger partial charge in [0, 0.05) is 18.8 Å². The van der Waals surface area contributed by atoms with Crippen LogP contribution in [0.3, 0.4) is 0 Å². The van der Waals surface area contributed by atoms with E-state index in [1.54, 1.807) is 12.1 Å². The number of amides is 1. The average Bonchev–Trinajstić information content (AvgIpc) is 2.97. The molecule has 0 radical (unpaired) electrons. The first-order chi connectivity index (χ1) is 10.2. The van der Waals surface area contributed by atoms with E-state index in [2.05, 4.69) is 16.7 Å². The van der Waals surface area contributed by atoms with Gasteiger partial charge in [-0.2, -0.15) is 5.26 Å². The van der Waals surface area contributed by atoms with E-state index in [1.807, 2.05) is 0 Å². The van der Waals surface area contributed by atoms with Gasteiger partial charge in [0.2, 0.25) is 5.91 Å². The maximum atomic E-state index is 13.0. The Labute approximate surface area is 124 Å². The monoisotopic (exact) mass is 289 g/mol. The van der Waals surface area contributed by atoms with Crippen LogP contribution in [0.2, 0.25) is 0 Å². The first kappa shape index (κ1) is 15.3. The van der Waals surface area contributed by atoms with Crippen molar-refractivity contribution in [1.82, 2.24) is 5.32 Å². The van der Waals surface area contributed by atoms with Crippen LogP contribution in [0.5, 0.6) is 0 Å². The smallest absolute Gasteiger partial charge is 0.240 e. The largest absolute Gasteiger partial charge is 0.385 e. The zero-order valence-corrected chi connectivity index (χ0v) is 12.0.